The highest BCUT2D eigenvalue weighted by atomic mass is 79.9. The van der Waals surface area contributed by atoms with Gasteiger partial charge < -0.3 is 0 Å². The van der Waals surface area contributed by atoms with E-state index in [1.165, 1.54) is 0 Å². The molecule has 0 atom stereocenters. The highest BCUT2D eigenvalue weighted by Gasteiger charge is 2.08. The summed E-state index contributed by atoms with van der Waals surface area (Å²) in [7, 11) is 0. The molecule has 94 valence electrons. The number of carbonyl (C=O) groups excluding carboxylic acids is 1. The van der Waals surface area contributed by atoms with Gasteiger partial charge in [0.05, 0.1) is 14.4 Å². The smallest absolute Gasteiger partial charge is 0.282 e. The Balaban J connectivity index is 2.04. The fraction of sp³-hybridized carbons (Fsp3) is 0.182. The van der Waals surface area contributed by atoms with Crippen molar-refractivity contribution in [2.45, 2.75) is 13.8 Å². The Bertz CT molecular complexity index is 602. The molecule has 0 spiro atoms. The van der Waals surface area contributed by atoms with Crippen LogP contribution in [0.1, 0.15) is 28.0 Å². The Morgan fingerprint density at radius 1 is 1.56 bits per heavy atom. The van der Waals surface area contributed by atoms with Crippen LogP contribution in [0.25, 0.3) is 0 Å². The van der Waals surface area contributed by atoms with E-state index in [0.29, 0.717) is 5.69 Å². The van der Waals surface area contributed by atoms with Crippen molar-refractivity contribution in [2.75, 3.05) is 0 Å². The van der Waals surface area contributed by atoms with E-state index in [4.69, 9.17) is 0 Å². The summed E-state index contributed by atoms with van der Waals surface area (Å²) in [5, 5.41) is 10.6. The number of amides is 1. The lowest BCUT2D eigenvalue weighted by atomic mass is 10.3. The molecule has 0 aromatic carbocycles. The largest absolute Gasteiger partial charge is 0.291 e. The highest BCUT2D eigenvalue weighted by molar-refractivity contribution is 9.11. The van der Waals surface area contributed by atoms with Gasteiger partial charge in [-0.25, -0.2) is 5.43 Å². The molecular weight excluding hydrogens is 316 g/mol. The molecule has 0 saturated heterocycles. The number of H-pyrrole nitrogens is 1. The van der Waals surface area contributed by atoms with Crippen LogP contribution in [0.5, 0.6) is 0 Å². The molecule has 5 nitrogen and oxygen atoms in total. The lowest BCUT2D eigenvalue weighted by molar-refractivity contribution is 0.0950. The van der Waals surface area contributed by atoms with Crippen LogP contribution in [0, 0.1) is 6.92 Å². The van der Waals surface area contributed by atoms with Gasteiger partial charge in [0.2, 0.25) is 0 Å². The van der Waals surface area contributed by atoms with Gasteiger partial charge in [-0.3, -0.25) is 9.89 Å². The summed E-state index contributed by atoms with van der Waals surface area (Å²) in [6.07, 6.45) is 0. The summed E-state index contributed by atoms with van der Waals surface area (Å²) in [5.74, 6) is -0.325. The number of hydrogen-bond acceptors (Lipinski definition) is 4. The maximum Gasteiger partial charge on any atom is 0.291 e. The van der Waals surface area contributed by atoms with Crippen LogP contribution in [-0.2, 0) is 0 Å². The zero-order valence-corrected chi connectivity index (χ0v) is 12.2. The molecule has 0 bridgehead atoms. The van der Waals surface area contributed by atoms with Crippen LogP contribution in [-0.4, -0.2) is 21.8 Å². The van der Waals surface area contributed by atoms with Gasteiger partial charge in [-0.2, -0.15) is 10.2 Å². The van der Waals surface area contributed by atoms with Crippen molar-refractivity contribution in [3.05, 3.63) is 38.3 Å². The van der Waals surface area contributed by atoms with Crippen molar-refractivity contribution >= 4 is 38.9 Å². The number of aromatic amines is 1. The van der Waals surface area contributed by atoms with Gasteiger partial charge in [-0.05, 0) is 48.0 Å². The molecule has 0 aliphatic heterocycles. The first kappa shape index (κ1) is 13.0. The van der Waals surface area contributed by atoms with Crippen molar-refractivity contribution in [1.29, 1.82) is 0 Å². The molecule has 0 fully saturated rings. The summed E-state index contributed by atoms with van der Waals surface area (Å²) >= 11 is 4.94. The quantitative estimate of drug-likeness (QED) is 0.672. The summed E-state index contributed by atoms with van der Waals surface area (Å²) in [6, 6.07) is 5.55. The van der Waals surface area contributed by atoms with Gasteiger partial charge in [0, 0.05) is 5.69 Å². The first-order valence-electron chi connectivity index (χ1n) is 5.18. The number of carbonyl (C=O) groups is 1. The number of aromatic nitrogens is 2. The molecule has 2 aromatic rings. The second-order valence-electron chi connectivity index (χ2n) is 3.68. The van der Waals surface area contributed by atoms with Crippen LogP contribution in [0.15, 0.2) is 27.1 Å². The third-order valence-corrected chi connectivity index (χ3v) is 3.93. The number of rotatable bonds is 3. The fourth-order valence-electron chi connectivity index (χ4n) is 1.29. The van der Waals surface area contributed by atoms with E-state index in [-0.39, 0.29) is 5.91 Å². The normalized spacial score (nSPS) is 11.6. The lowest BCUT2D eigenvalue weighted by Crippen LogP contribution is -2.19. The van der Waals surface area contributed by atoms with Crippen LogP contribution >= 0.6 is 27.3 Å². The molecule has 0 aliphatic carbocycles. The fourth-order valence-corrected chi connectivity index (χ4v) is 2.62. The van der Waals surface area contributed by atoms with E-state index in [1.54, 1.807) is 17.4 Å². The van der Waals surface area contributed by atoms with Gasteiger partial charge in [-0.15, -0.1) is 11.3 Å². The molecule has 0 unspecified atom stereocenters. The third kappa shape index (κ3) is 3.05. The number of halogens is 1. The Hall–Kier alpha value is -1.47. The summed E-state index contributed by atoms with van der Waals surface area (Å²) in [6.45, 7) is 3.68. The molecule has 2 N–H and O–H groups in total. The van der Waals surface area contributed by atoms with E-state index in [9.17, 15) is 4.79 Å². The summed E-state index contributed by atoms with van der Waals surface area (Å²) in [5.41, 5.74) is 4.40. The van der Waals surface area contributed by atoms with E-state index >= 15 is 0 Å². The molecule has 18 heavy (non-hydrogen) atoms. The van der Waals surface area contributed by atoms with Crippen molar-refractivity contribution in [3.8, 4) is 0 Å². The minimum atomic E-state index is -0.325. The van der Waals surface area contributed by atoms with Crippen LogP contribution < -0.4 is 5.43 Å². The van der Waals surface area contributed by atoms with Gasteiger partial charge in [0.25, 0.3) is 5.91 Å². The Morgan fingerprint density at radius 3 is 2.89 bits per heavy atom. The standard InChI is InChI=1S/C11H11BrN4OS/c1-6-5-8(15-13-6)11(17)16-14-7(2)9-3-4-10(12)18-9/h3-5H,1-2H3,(H,13,15)(H,16,17). The van der Waals surface area contributed by atoms with E-state index in [1.807, 2.05) is 26.0 Å². The topological polar surface area (TPSA) is 70.1 Å². The van der Waals surface area contributed by atoms with Gasteiger partial charge in [-0.1, -0.05) is 0 Å². The van der Waals surface area contributed by atoms with Gasteiger partial charge >= 0.3 is 0 Å². The monoisotopic (exact) mass is 326 g/mol. The van der Waals surface area contributed by atoms with Gasteiger partial charge in [0.1, 0.15) is 0 Å². The molecule has 7 heteroatoms. The second kappa shape index (κ2) is 5.45. The van der Waals surface area contributed by atoms with E-state index < -0.39 is 0 Å². The maximum atomic E-state index is 11.7. The number of nitrogens with one attached hydrogen (secondary N) is 2. The third-order valence-electron chi connectivity index (χ3n) is 2.19. The van der Waals surface area contributed by atoms with Crippen molar-refractivity contribution in [3.63, 3.8) is 0 Å². The first-order valence-corrected chi connectivity index (χ1v) is 6.79. The average molecular weight is 327 g/mol. The van der Waals surface area contributed by atoms with Crippen LogP contribution in [0.4, 0.5) is 0 Å². The molecule has 0 radical (unpaired) electrons. The number of aryl methyl sites for hydroxylation is 1. The number of hydrogen-bond donors (Lipinski definition) is 2. The summed E-state index contributed by atoms with van der Waals surface area (Å²) in [4.78, 5) is 12.7. The highest BCUT2D eigenvalue weighted by Crippen LogP contribution is 2.22. The molecule has 2 aromatic heterocycles. The lowest BCUT2D eigenvalue weighted by Gasteiger charge is -1.98. The molecular formula is C11H11BrN4OS. The van der Waals surface area contributed by atoms with E-state index in [2.05, 4.69) is 36.7 Å². The predicted molar refractivity (Wildman–Crippen MR) is 75.0 cm³/mol. The number of nitrogens with zero attached hydrogens (tertiary/aromatic N) is 2. The zero-order valence-electron chi connectivity index (χ0n) is 9.82. The minimum absolute atomic E-state index is 0.325. The first-order chi connectivity index (χ1) is 8.56. The Morgan fingerprint density at radius 2 is 2.33 bits per heavy atom. The molecule has 0 saturated carbocycles. The van der Waals surface area contributed by atoms with Crippen LogP contribution in [0.2, 0.25) is 0 Å². The second-order valence-corrected chi connectivity index (χ2v) is 6.14. The van der Waals surface area contributed by atoms with Crippen molar-refractivity contribution in [1.82, 2.24) is 15.6 Å². The van der Waals surface area contributed by atoms with Crippen molar-refractivity contribution in [2.24, 2.45) is 5.10 Å². The Labute approximate surface area is 116 Å². The van der Waals surface area contributed by atoms with Gasteiger partial charge in [0.15, 0.2) is 5.69 Å². The molecule has 2 rings (SSSR count). The number of thiophene rings is 1. The maximum absolute atomic E-state index is 11.7. The number of hydrazone groups is 1. The van der Waals surface area contributed by atoms with Crippen molar-refractivity contribution < 1.29 is 4.79 Å². The SMILES string of the molecule is CC(=NNC(=O)c1cc(C)[nH]n1)c1ccc(Br)s1. The minimum Gasteiger partial charge on any atom is -0.282 e. The Kier molecular flexibility index (Phi) is 3.93. The van der Waals surface area contributed by atoms with Crippen LogP contribution in [0.3, 0.4) is 0 Å². The molecule has 0 aliphatic rings. The zero-order chi connectivity index (χ0) is 13.1. The predicted octanol–water partition coefficient (Wildman–Crippen LogP) is 2.70. The summed E-state index contributed by atoms with van der Waals surface area (Å²) < 4.78 is 1.03. The van der Waals surface area contributed by atoms with E-state index in [0.717, 1.165) is 20.1 Å². The molecule has 1 amide bonds. The molecule has 2 heterocycles. The average Bonchev–Trinajstić information content (AvgIpc) is 2.94.